The fourth-order valence-corrected chi connectivity index (χ4v) is 2.99. The number of benzene rings is 1. The van der Waals surface area contributed by atoms with Crippen LogP contribution in [0.4, 0.5) is 4.39 Å². The molecule has 2 aromatic rings. The zero-order valence-corrected chi connectivity index (χ0v) is 12.0. The lowest BCUT2D eigenvalue weighted by Crippen LogP contribution is -2.28. The van der Waals surface area contributed by atoms with Crippen molar-refractivity contribution in [2.75, 3.05) is 13.1 Å². The number of halogens is 2. The highest BCUT2D eigenvalue weighted by atomic mass is 79.9. The Balaban J connectivity index is 2.01. The molecule has 0 saturated carbocycles. The van der Waals surface area contributed by atoms with Gasteiger partial charge < -0.3 is 5.32 Å². The molecule has 100 valence electrons. The molecule has 1 aliphatic heterocycles. The van der Waals surface area contributed by atoms with E-state index in [4.69, 9.17) is 0 Å². The molecular weight excluding hydrogens is 309 g/mol. The van der Waals surface area contributed by atoms with E-state index in [-0.39, 0.29) is 5.82 Å². The van der Waals surface area contributed by atoms with E-state index in [0.29, 0.717) is 11.5 Å². The topological polar surface area (TPSA) is 40.7 Å². The molecule has 1 aromatic heterocycles. The summed E-state index contributed by atoms with van der Waals surface area (Å²) in [5, 5.41) is 10.5. The fourth-order valence-electron chi connectivity index (χ4n) is 2.62. The van der Waals surface area contributed by atoms with Crippen molar-refractivity contribution in [1.82, 2.24) is 15.5 Å². The number of aromatic amines is 1. The summed E-state index contributed by atoms with van der Waals surface area (Å²) in [5.74, 6) is 0.166. The quantitative estimate of drug-likeness (QED) is 0.888. The van der Waals surface area contributed by atoms with Crippen molar-refractivity contribution in [1.29, 1.82) is 0 Å². The molecule has 2 heterocycles. The molecule has 3 rings (SSSR count). The van der Waals surface area contributed by atoms with E-state index in [2.05, 4.69) is 31.4 Å². The molecule has 0 aliphatic carbocycles. The SMILES string of the molecule is Fc1ccc(Br)cc1-c1cn[nH]c1C1CCCNC1. The smallest absolute Gasteiger partial charge is 0.131 e. The molecule has 1 fully saturated rings. The Morgan fingerprint density at radius 1 is 1.32 bits per heavy atom. The molecule has 0 bridgehead atoms. The fraction of sp³-hybridized carbons (Fsp3) is 0.357. The monoisotopic (exact) mass is 323 g/mol. The van der Waals surface area contributed by atoms with Gasteiger partial charge in [0.25, 0.3) is 0 Å². The van der Waals surface area contributed by atoms with E-state index in [0.717, 1.165) is 41.7 Å². The van der Waals surface area contributed by atoms with Crippen molar-refractivity contribution < 1.29 is 4.39 Å². The van der Waals surface area contributed by atoms with Crippen molar-refractivity contribution >= 4 is 15.9 Å². The van der Waals surface area contributed by atoms with E-state index in [1.165, 1.54) is 6.07 Å². The van der Waals surface area contributed by atoms with Gasteiger partial charge in [0, 0.05) is 33.8 Å². The Labute approximate surface area is 119 Å². The zero-order valence-electron chi connectivity index (χ0n) is 10.4. The van der Waals surface area contributed by atoms with Crippen molar-refractivity contribution in [3.05, 3.63) is 40.4 Å². The van der Waals surface area contributed by atoms with Crippen LogP contribution in [0.15, 0.2) is 28.9 Å². The minimum absolute atomic E-state index is 0.213. The Morgan fingerprint density at radius 2 is 2.21 bits per heavy atom. The molecule has 1 saturated heterocycles. The Bertz CT molecular complexity index is 576. The molecule has 1 unspecified atom stereocenters. The molecule has 3 nitrogen and oxygen atoms in total. The number of nitrogens with zero attached hydrogens (tertiary/aromatic N) is 1. The number of hydrogen-bond donors (Lipinski definition) is 2. The summed E-state index contributed by atoms with van der Waals surface area (Å²) in [6, 6.07) is 5.00. The predicted molar refractivity (Wildman–Crippen MR) is 76.5 cm³/mol. The third-order valence-corrected chi connectivity index (χ3v) is 4.09. The van der Waals surface area contributed by atoms with Crippen LogP contribution in [0.1, 0.15) is 24.5 Å². The van der Waals surface area contributed by atoms with Gasteiger partial charge in [-0.3, -0.25) is 5.10 Å². The van der Waals surface area contributed by atoms with E-state index in [9.17, 15) is 4.39 Å². The lowest BCUT2D eigenvalue weighted by atomic mass is 9.91. The Morgan fingerprint density at radius 3 is 3.00 bits per heavy atom. The summed E-state index contributed by atoms with van der Waals surface area (Å²) in [6.07, 6.45) is 3.97. The lowest BCUT2D eigenvalue weighted by molar-refractivity contribution is 0.454. The molecule has 1 aliphatic rings. The summed E-state index contributed by atoms with van der Waals surface area (Å²) in [7, 11) is 0. The zero-order chi connectivity index (χ0) is 13.2. The minimum atomic E-state index is -0.213. The van der Waals surface area contributed by atoms with E-state index >= 15 is 0 Å². The third-order valence-electron chi connectivity index (χ3n) is 3.59. The number of H-pyrrole nitrogens is 1. The second-order valence-corrected chi connectivity index (χ2v) is 5.78. The summed E-state index contributed by atoms with van der Waals surface area (Å²) in [6.45, 7) is 1.98. The first kappa shape index (κ1) is 12.8. The molecule has 2 N–H and O–H groups in total. The largest absolute Gasteiger partial charge is 0.316 e. The van der Waals surface area contributed by atoms with Gasteiger partial charge in [-0.25, -0.2) is 4.39 Å². The highest BCUT2D eigenvalue weighted by Crippen LogP contribution is 2.33. The predicted octanol–water partition coefficient (Wildman–Crippen LogP) is 3.45. The summed E-state index contributed by atoms with van der Waals surface area (Å²) >= 11 is 3.39. The number of nitrogens with one attached hydrogen (secondary N) is 2. The van der Waals surface area contributed by atoms with Crippen molar-refractivity contribution in [3.63, 3.8) is 0 Å². The molecule has 1 aromatic carbocycles. The first-order valence-electron chi connectivity index (χ1n) is 6.45. The standard InChI is InChI=1S/C14H15BrFN3/c15-10-3-4-13(16)11(6-10)12-8-18-19-14(12)9-2-1-5-17-7-9/h3-4,6,8-9,17H,1-2,5,7H2,(H,18,19). The average Bonchev–Trinajstić information content (AvgIpc) is 2.91. The molecular formula is C14H15BrFN3. The molecule has 0 amide bonds. The number of hydrogen-bond acceptors (Lipinski definition) is 2. The average molecular weight is 324 g/mol. The van der Waals surface area contributed by atoms with Crippen LogP contribution in [0.2, 0.25) is 0 Å². The first-order valence-corrected chi connectivity index (χ1v) is 7.24. The van der Waals surface area contributed by atoms with Gasteiger partial charge in [0.1, 0.15) is 5.82 Å². The molecule has 1 atom stereocenters. The number of piperidine rings is 1. The summed E-state index contributed by atoms with van der Waals surface area (Å²) < 4.78 is 14.9. The lowest BCUT2D eigenvalue weighted by Gasteiger charge is -2.22. The van der Waals surface area contributed by atoms with Gasteiger partial charge in [-0.05, 0) is 37.6 Å². The third kappa shape index (κ3) is 2.58. The van der Waals surface area contributed by atoms with Gasteiger partial charge in [-0.1, -0.05) is 15.9 Å². The van der Waals surface area contributed by atoms with Crippen LogP contribution >= 0.6 is 15.9 Å². The van der Waals surface area contributed by atoms with Gasteiger partial charge in [0.2, 0.25) is 0 Å². The molecule has 19 heavy (non-hydrogen) atoms. The molecule has 5 heteroatoms. The highest BCUT2D eigenvalue weighted by molar-refractivity contribution is 9.10. The van der Waals surface area contributed by atoms with Crippen LogP contribution in [-0.4, -0.2) is 23.3 Å². The van der Waals surface area contributed by atoms with Crippen LogP contribution in [0.25, 0.3) is 11.1 Å². The second kappa shape index (κ2) is 5.43. The van der Waals surface area contributed by atoms with Crippen molar-refractivity contribution in [2.24, 2.45) is 0 Å². The van der Waals surface area contributed by atoms with Gasteiger partial charge in [0.15, 0.2) is 0 Å². The van der Waals surface area contributed by atoms with Crippen LogP contribution in [0.5, 0.6) is 0 Å². The van der Waals surface area contributed by atoms with Crippen LogP contribution in [0.3, 0.4) is 0 Å². The van der Waals surface area contributed by atoms with Crippen LogP contribution < -0.4 is 5.32 Å². The van der Waals surface area contributed by atoms with E-state index in [1.54, 1.807) is 18.3 Å². The molecule has 0 radical (unpaired) electrons. The van der Waals surface area contributed by atoms with Crippen molar-refractivity contribution in [3.8, 4) is 11.1 Å². The van der Waals surface area contributed by atoms with Gasteiger partial charge in [-0.15, -0.1) is 0 Å². The van der Waals surface area contributed by atoms with Gasteiger partial charge in [-0.2, -0.15) is 5.10 Å². The van der Waals surface area contributed by atoms with Gasteiger partial charge in [0.05, 0.1) is 6.20 Å². The maximum absolute atomic E-state index is 14.0. The normalized spacial score (nSPS) is 19.6. The molecule has 0 spiro atoms. The number of rotatable bonds is 2. The van der Waals surface area contributed by atoms with Crippen molar-refractivity contribution in [2.45, 2.75) is 18.8 Å². The number of aromatic nitrogens is 2. The van der Waals surface area contributed by atoms with Crippen LogP contribution in [-0.2, 0) is 0 Å². The maximum atomic E-state index is 14.0. The van der Waals surface area contributed by atoms with Gasteiger partial charge >= 0.3 is 0 Å². The Hall–Kier alpha value is -1.20. The van der Waals surface area contributed by atoms with Crippen LogP contribution in [0, 0.1) is 5.82 Å². The Kier molecular flexibility index (Phi) is 3.66. The van der Waals surface area contributed by atoms with E-state index in [1.807, 2.05) is 0 Å². The van der Waals surface area contributed by atoms with E-state index < -0.39 is 0 Å². The second-order valence-electron chi connectivity index (χ2n) is 4.86. The maximum Gasteiger partial charge on any atom is 0.131 e. The first-order chi connectivity index (χ1) is 9.25. The summed E-state index contributed by atoms with van der Waals surface area (Å²) in [4.78, 5) is 0. The highest BCUT2D eigenvalue weighted by Gasteiger charge is 2.22. The minimum Gasteiger partial charge on any atom is -0.316 e. The summed E-state index contributed by atoms with van der Waals surface area (Å²) in [5.41, 5.74) is 2.50.